The molecule has 0 aliphatic rings. The van der Waals surface area contributed by atoms with Gasteiger partial charge in [-0.05, 0) is 50.9 Å². The highest BCUT2D eigenvalue weighted by molar-refractivity contribution is 6.67. The summed E-state index contributed by atoms with van der Waals surface area (Å²) in [4.78, 5) is 32.5. The predicted octanol–water partition coefficient (Wildman–Crippen LogP) is 5.07. The van der Waals surface area contributed by atoms with Gasteiger partial charge in [-0.2, -0.15) is 4.39 Å². The van der Waals surface area contributed by atoms with E-state index in [1.165, 1.54) is 19.1 Å². The first-order chi connectivity index (χ1) is 12.9. The first kappa shape index (κ1) is 29.9. The molecule has 0 aliphatic heterocycles. The van der Waals surface area contributed by atoms with E-state index in [4.69, 9.17) is 17.4 Å². The van der Waals surface area contributed by atoms with Gasteiger partial charge in [0, 0.05) is 5.56 Å². The second-order valence-corrected chi connectivity index (χ2v) is 7.18. The third kappa shape index (κ3) is 7.87. The molecule has 0 saturated carbocycles. The third-order valence-corrected chi connectivity index (χ3v) is 3.88. The maximum Gasteiger partial charge on any atom is 0.317 e. The minimum atomic E-state index is -1.02. The van der Waals surface area contributed by atoms with Gasteiger partial charge in [-0.1, -0.05) is 36.4 Å². The lowest BCUT2D eigenvalue weighted by Crippen LogP contribution is -2.50. The molecule has 2 rings (SSSR count). The molecule has 0 atom stereocenters. The molecule has 2 aromatic carbocycles. The lowest BCUT2D eigenvalue weighted by molar-refractivity contribution is -0.387. The number of nitro groups is 1. The summed E-state index contributed by atoms with van der Waals surface area (Å²) in [7, 11) is 0. The van der Waals surface area contributed by atoms with Crippen molar-refractivity contribution >= 4 is 53.3 Å². The van der Waals surface area contributed by atoms with Gasteiger partial charge >= 0.3 is 5.69 Å². The molecule has 7 nitrogen and oxygen atoms in total. The Morgan fingerprint density at radius 3 is 1.97 bits per heavy atom. The standard InChI is InChI=1S/C12H16FN3O3.C7H5ClO.2ClH/c1-7-5-6-8(10(9(7)13)16(18)19)11(17)15(14)12(2,3)4;8-7(9)6-4-2-1-3-5-6;;/h5-6H,14H2,1-4H3;1-5H;2*1H. The highest BCUT2D eigenvalue weighted by Crippen LogP contribution is 2.27. The molecular weight excluding hydrogens is 460 g/mol. The van der Waals surface area contributed by atoms with Crippen LogP contribution in [0.5, 0.6) is 0 Å². The fourth-order valence-corrected chi connectivity index (χ4v) is 2.15. The summed E-state index contributed by atoms with van der Waals surface area (Å²) in [5, 5.41) is 11.4. The Labute approximate surface area is 191 Å². The highest BCUT2D eigenvalue weighted by Gasteiger charge is 2.32. The summed E-state index contributed by atoms with van der Waals surface area (Å²) >= 11 is 5.16. The fraction of sp³-hybridized carbons (Fsp3) is 0.263. The van der Waals surface area contributed by atoms with E-state index in [0.717, 1.165) is 5.01 Å². The third-order valence-electron chi connectivity index (χ3n) is 3.66. The summed E-state index contributed by atoms with van der Waals surface area (Å²) in [6.45, 7) is 6.39. The molecule has 0 aliphatic carbocycles. The number of carbonyl (C=O) groups is 2. The van der Waals surface area contributed by atoms with Crippen LogP contribution >= 0.6 is 36.4 Å². The van der Waals surface area contributed by atoms with Crippen LogP contribution in [0.25, 0.3) is 0 Å². The van der Waals surface area contributed by atoms with Gasteiger partial charge in [-0.25, -0.2) is 5.84 Å². The second kappa shape index (κ2) is 12.4. The molecule has 166 valence electrons. The van der Waals surface area contributed by atoms with Crippen LogP contribution in [0, 0.1) is 22.9 Å². The van der Waals surface area contributed by atoms with Crippen molar-refractivity contribution in [3.05, 3.63) is 75.1 Å². The van der Waals surface area contributed by atoms with E-state index in [9.17, 15) is 24.1 Å². The quantitative estimate of drug-likeness (QED) is 0.216. The van der Waals surface area contributed by atoms with Gasteiger partial charge in [0.2, 0.25) is 5.82 Å². The van der Waals surface area contributed by atoms with Crippen molar-refractivity contribution in [2.24, 2.45) is 5.84 Å². The van der Waals surface area contributed by atoms with Crippen LogP contribution in [0.15, 0.2) is 42.5 Å². The monoisotopic (exact) mass is 481 g/mol. The minimum absolute atomic E-state index is 0. The average Bonchev–Trinajstić information content (AvgIpc) is 2.62. The Morgan fingerprint density at radius 2 is 1.60 bits per heavy atom. The van der Waals surface area contributed by atoms with Crippen LogP contribution in [-0.2, 0) is 0 Å². The number of nitrogens with zero attached hydrogens (tertiary/aromatic N) is 2. The maximum absolute atomic E-state index is 13.8. The normalized spacial score (nSPS) is 9.83. The zero-order valence-corrected chi connectivity index (χ0v) is 19.1. The summed E-state index contributed by atoms with van der Waals surface area (Å²) in [5.74, 6) is 3.81. The van der Waals surface area contributed by atoms with E-state index in [1.807, 2.05) is 6.07 Å². The number of hydrogen-bond donors (Lipinski definition) is 1. The van der Waals surface area contributed by atoms with Gasteiger partial charge in [-0.3, -0.25) is 24.7 Å². The predicted molar refractivity (Wildman–Crippen MR) is 119 cm³/mol. The molecule has 0 bridgehead atoms. The molecule has 30 heavy (non-hydrogen) atoms. The molecule has 0 radical (unpaired) electrons. The van der Waals surface area contributed by atoms with Crippen LogP contribution in [0.3, 0.4) is 0 Å². The van der Waals surface area contributed by atoms with Crippen molar-refractivity contribution in [1.82, 2.24) is 5.01 Å². The van der Waals surface area contributed by atoms with Crippen molar-refractivity contribution in [2.75, 3.05) is 0 Å². The topological polar surface area (TPSA) is 107 Å². The Bertz CT molecular complexity index is 891. The van der Waals surface area contributed by atoms with Gasteiger partial charge in [0.1, 0.15) is 5.56 Å². The molecular formula is C19H23Cl3FN3O4. The van der Waals surface area contributed by atoms with Crippen LogP contribution in [0.4, 0.5) is 10.1 Å². The van der Waals surface area contributed by atoms with Gasteiger partial charge in [0.15, 0.2) is 0 Å². The number of nitro benzene ring substituents is 1. The summed E-state index contributed by atoms with van der Waals surface area (Å²) in [6, 6.07) is 11.3. The Hall–Kier alpha value is -2.26. The van der Waals surface area contributed by atoms with Crippen LogP contribution in [0.2, 0.25) is 0 Å². The summed E-state index contributed by atoms with van der Waals surface area (Å²) in [5.41, 5.74) is -1.29. The van der Waals surface area contributed by atoms with Crippen molar-refractivity contribution in [2.45, 2.75) is 33.2 Å². The lowest BCUT2D eigenvalue weighted by atomic mass is 10.0. The first-order valence-electron chi connectivity index (χ1n) is 8.15. The highest BCUT2D eigenvalue weighted by atomic mass is 35.5. The number of nitrogens with two attached hydrogens (primary N) is 1. The van der Waals surface area contributed by atoms with Crippen LogP contribution in [-0.4, -0.2) is 26.6 Å². The molecule has 0 unspecified atom stereocenters. The molecule has 2 aromatic rings. The van der Waals surface area contributed by atoms with Crippen LogP contribution < -0.4 is 5.84 Å². The van der Waals surface area contributed by atoms with E-state index in [2.05, 4.69) is 0 Å². The van der Waals surface area contributed by atoms with E-state index < -0.39 is 33.1 Å². The van der Waals surface area contributed by atoms with Crippen molar-refractivity contribution in [1.29, 1.82) is 0 Å². The number of rotatable bonds is 3. The Balaban J connectivity index is 0. The number of aryl methyl sites for hydroxylation is 1. The number of amides is 1. The number of hydrogen-bond acceptors (Lipinski definition) is 5. The number of carbonyl (C=O) groups excluding carboxylic acids is 2. The SMILES string of the molecule is Cc1ccc(C(=O)N(N)C(C)(C)C)c([N+](=O)[O-])c1F.Cl.Cl.O=C(Cl)c1ccccc1. The van der Waals surface area contributed by atoms with Gasteiger partial charge in [0.05, 0.1) is 10.5 Å². The van der Waals surface area contributed by atoms with Gasteiger partial charge in [0.25, 0.3) is 11.1 Å². The van der Waals surface area contributed by atoms with Crippen molar-refractivity contribution in [3.63, 3.8) is 0 Å². The zero-order valence-electron chi connectivity index (χ0n) is 16.7. The molecule has 1 amide bonds. The molecule has 11 heteroatoms. The smallest absolute Gasteiger partial charge is 0.276 e. The summed E-state index contributed by atoms with van der Waals surface area (Å²) < 4.78 is 13.8. The number of halogens is 4. The maximum atomic E-state index is 13.8. The van der Waals surface area contributed by atoms with E-state index in [0.29, 0.717) is 5.56 Å². The first-order valence-corrected chi connectivity index (χ1v) is 8.53. The number of hydrazine groups is 1. The van der Waals surface area contributed by atoms with E-state index in [1.54, 1.807) is 45.0 Å². The minimum Gasteiger partial charge on any atom is -0.276 e. The van der Waals surface area contributed by atoms with Gasteiger partial charge < -0.3 is 0 Å². The van der Waals surface area contributed by atoms with Crippen molar-refractivity contribution < 1.29 is 18.9 Å². The molecule has 0 spiro atoms. The van der Waals surface area contributed by atoms with Crippen molar-refractivity contribution in [3.8, 4) is 0 Å². The van der Waals surface area contributed by atoms with Crippen LogP contribution in [0.1, 0.15) is 47.1 Å². The second-order valence-electron chi connectivity index (χ2n) is 6.84. The van der Waals surface area contributed by atoms with E-state index in [-0.39, 0.29) is 35.9 Å². The molecule has 0 heterocycles. The summed E-state index contributed by atoms with van der Waals surface area (Å²) in [6.07, 6.45) is 0. The Morgan fingerprint density at radius 1 is 1.10 bits per heavy atom. The van der Waals surface area contributed by atoms with E-state index >= 15 is 0 Å². The largest absolute Gasteiger partial charge is 0.317 e. The fourth-order valence-electron chi connectivity index (χ4n) is 2.02. The molecule has 0 saturated heterocycles. The Kier molecular flexibility index (Phi) is 12.4. The molecule has 0 aromatic heterocycles. The lowest BCUT2D eigenvalue weighted by Gasteiger charge is -2.30. The molecule has 2 N–H and O–H groups in total. The van der Waals surface area contributed by atoms with Gasteiger partial charge in [-0.15, -0.1) is 24.8 Å². The zero-order chi connectivity index (χ0) is 21.6. The number of benzene rings is 2. The molecule has 0 fully saturated rings. The average molecular weight is 483 g/mol.